The first kappa shape index (κ1) is 15.2. The molecule has 0 amide bonds. The SMILES string of the molecule is CC1CCCN(S(=O)(=O)N(C)CC2(O)CCCC2)C1. The van der Waals surface area contributed by atoms with E-state index in [2.05, 4.69) is 6.92 Å². The van der Waals surface area contributed by atoms with E-state index in [0.717, 1.165) is 25.7 Å². The molecule has 1 unspecified atom stereocenters. The van der Waals surface area contributed by atoms with Crippen molar-refractivity contribution in [3.63, 3.8) is 0 Å². The summed E-state index contributed by atoms with van der Waals surface area (Å²) in [6.07, 6.45) is 5.43. The van der Waals surface area contributed by atoms with Crippen LogP contribution in [0.25, 0.3) is 0 Å². The molecule has 1 N–H and O–H groups in total. The Hall–Kier alpha value is -0.170. The Morgan fingerprint density at radius 2 is 1.95 bits per heavy atom. The highest BCUT2D eigenvalue weighted by Gasteiger charge is 2.38. The van der Waals surface area contributed by atoms with Gasteiger partial charge in [-0.25, -0.2) is 0 Å². The molecule has 0 spiro atoms. The monoisotopic (exact) mass is 290 g/mol. The summed E-state index contributed by atoms with van der Waals surface area (Å²) < 4.78 is 27.9. The lowest BCUT2D eigenvalue weighted by Crippen LogP contribution is -2.50. The van der Waals surface area contributed by atoms with Gasteiger partial charge in [0.2, 0.25) is 0 Å². The average Bonchev–Trinajstić information content (AvgIpc) is 2.75. The van der Waals surface area contributed by atoms with Crippen LogP contribution in [0.2, 0.25) is 0 Å². The van der Waals surface area contributed by atoms with Gasteiger partial charge in [-0.05, 0) is 31.6 Å². The molecule has 2 rings (SSSR count). The summed E-state index contributed by atoms with van der Waals surface area (Å²) in [4.78, 5) is 0. The third-order valence-electron chi connectivity index (χ3n) is 4.39. The molecule has 1 atom stereocenters. The Bertz CT molecular complexity index is 404. The van der Waals surface area contributed by atoms with Crippen LogP contribution in [-0.4, -0.2) is 54.4 Å². The van der Waals surface area contributed by atoms with Crippen molar-refractivity contribution in [2.45, 2.75) is 51.0 Å². The molecule has 19 heavy (non-hydrogen) atoms. The molecular weight excluding hydrogens is 264 g/mol. The van der Waals surface area contributed by atoms with E-state index >= 15 is 0 Å². The van der Waals surface area contributed by atoms with Gasteiger partial charge >= 0.3 is 0 Å². The largest absolute Gasteiger partial charge is 0.389 e. The molecule has 2 aliphatic rings. The predicted octanol–water partition coefficient (Wildman–Crippen LogP) is 1.20. The number of likely N-dealkylation sites (N-methyl/N-ethyl adjacent to an activating group) is 1. The third kappa shape index (κ3) is 3.48. The molecule has 1 aliphatic carbocycles. The Balaban J connectivity index is 2.02. The molecule has 6 heteroatoms. The minimum atomic E-state index is -3.41. The fraction of sp³-hybridized carbons (Fsp3) is 1.00. The van der Waals surface area contributed by atoms with Gasteiger partial charge in [-0.15, -0.1) is 0 Å². The van der Waals surface area contributed by atoms with E-state index in [-0.39, 0.29) is 6.54 Å². The van der Waals surface area contributed by atoms with E-state index in [4.69, 9.17) is 0 Å². The van der Waals surface area contributed by atoms with Gasteiger partial charge in [0.15, 0.2) is 0 Å². The van der Waals surface area contributed by atoms with Crippen molar-refractivity contribution in [2.75, 3.05) is 26.7 Å². The Kier molecular flexibility index (Phi) is 4.55. The average molecular weight is 290 g/mol. The molecule has 0 bridgehead atoms. The number of rotatable bonds is 4. The van der Waals surface area contributed by atoms with Crippen molar-refractivity contribution in [2.24, 2.45) is 5.92 Å². The normalized spacial score (nSPS) is 28.9. The number of nitrogens with zero attached hydrogens (tertiary/aromatic N) is 2. The highest BCUT2D eigenvalue weighted by molar-refractivity contribution is 7.86. The lowest BCUT2D eigenvalue weighted by molar-refractivity contribution is 0.0319. The van der Waals surface area contributed by atoms with Gasteiger partial charge in [0, 0.05) is 26.7 Å². The topological polar surface area (TPSA) is 60.9 Å². The van der Waals surface area contributed by atoms with E-state index in [1.807, 2.05) is 0 Å². The maximum Gasteiger partial charge on any atom is 0.281 e. The van der Waals surface area contributed by atoms with Crippen LogP contribution >= 0.6 is 0 Å². The molecule has 1 aliphatic heterocycles. The molecule has 0 aromatic heterocycles. The van der Waals surface area contributed by atoms with Crippen LogP contribution in [0.1, 0.15) is 45.4 Å². The van der Waals surface area contributed by atoms with Crippen LogP contribution in [0.5, 0.6) is 0 Å². The van der Waals surface area contributed by atoms with Gasteiger partial charge < -0.3 is 5.11 Å². The summed E-state index contributed by atoms with van der Waals surface area (Å²) in [6, 6.07) is 0. The number of hydrogen-bond donors (Lipinski definition) is 1. The van der Waals surface area contributed by atoms with Crippen molar-refractivity contribution in [1.82, 2.24) is 8.61 Å². The van der Waals surface area contributed by atoms with Gasteiger partial charge in [-0.3, -0.25) is 0 Å². The molecule has 0 aromatic carbocycles. The molecule has 1 heterocycles. The Morgan fingerprint density at radius 3 is 2.53 bits per heavy atom. The van der Waals surface area contributed by atoms with Crippen LogP contribution in [-0.2, 0) is 10.2 Å². The second-order valence-electron chi connectivity index (χ2n) is 6.30. The second-order valence-corrected chi connectivity index (χ2v) is 8.34. The fourth-order valence-electron chi connectivity index (χ4n) is 3.24. The molecule has 5 nitrogen and oxygen atoms in total. The Labute approximate surface area is 116 Å². The zero-order valence-electron chi connectivity index (χ0n) is 12.0. The van der Waals surface area contributed by atoms with E-state index in [1.54, 1.807) is 11.4 Å². The molecule has 112 valence electrons. The summed E-state index contributed by atoms with van der Waals surface area (Å²) in [7, 11) is -1.83. The molecule has 2 fully saturated rings. The van der Waals surface area contributed by atoms with Crippen LogP contribution in [0.3, 0.4) is 0 Å². The minimum absolute atomic E-state index is 0.222. The third-order valence-corrected chi connectivity index (χ3v) is 6.29. The lowest BCUT2D eigenvalue weighted by Gasteiger charge is -2.35. The fourth-order valence-corrected chi connectivity index (χ4v) is 4.84. The molecule has 0 radical (unpaired) electrons. The van der Waals surface area contributed by atoms with Crippen molar-refractivity contribution < 1.29 is 13.5 Å². The smallest absolute Gasteiger partial charge is 0.281 e. The highest BCUT2D eigenvalue weighted by atomic mass is 32.2. The number of aliphatic hydroxyl groups is 1. The van der Waals surface area contributed by atoms with E-state index in [0.29, 0.717) is 31.8 Å². The quantitative estimate of drug-likeness (QED) is 0.846. The first-order valence-electron chi connectivity index (χ1n) is 7.27. The Morgan fingerprint density at radius 1 is 1.32 bits per heavy atom. The van der Waals surface area contributed by atoms with Gasteiger partial charge in [0.05, 0.1) is 5.60 Å². The summed E-state index contributed by atoms with van der Waals surface area (Å²) in [5.41, 5.74) is -0.816. The summed E-state index contributed by atoms with van der Waals surface area (Å²) >= 11 is 0. The van der Waals surface area contributed by atoms with Crippen molar-refractivity contribution >= 4 is 10.2 Å². The molecule has 1 saturated carbocycles. The van der Waals surface area contributed by atoms with Crippen LogP contribution in [0.15, 0.2) is 0 Å². The van der Waals surface area contributed by atoms with E-state index in [9.17, 15) is 13.5 Å². The van der Waals surface area contributed by atoms with Crippen molar-refractivity contribution in [1.29, 1.82) is 0 Å². The minimum Gasteiger partial charge on any atom is -0.389 e. The highest BCUT2D eigenvalue weighted by Crippen LogP contribution is 2.31. The second kappa shape index (κ2) is 5.68. The zero-order chi connectivity index (χ0) is 14.1. The van der Waals surface area contributed by atoms with Crippen LogP contribution in [0.4, 0.5) is 0 Å². The number of piperidine rings is 1. The standard InChI is InChI=1S/C13H26N2O3S/c1-12-6-5-9-15(10-12)19(17,18)14(2)11-13(16)7-3-4-8-13/h12,16H,3-11H2,1-2H3. The molecule has 1 saturated heterocycles. The molecule has 0 aromatic rings. The maximum atomic E-state index is 12.5. The zero-order valence-corrected chi connectivity index (χ0v) is 12.8. The van der Waals surface area contributed by atoms with Gasteiger partial charge in [-0.1, -0.05) is 19.8 Å². The van der Waals surface area contributed by atoms with Gasteiger partial charge in [0.25, 0.3) is 10.2 Å². The van der Waals surface area contributed by atoms with Crippen LogP contribution in [0, 0.1) is 5.92 Å². The first-order valence-corrected chi connectivity index (χ1v) is 8.67. The summed E-state index contributed by atoms with van der Waals surface area (Å²) in [6.45, 7) is 3.52. The number of hydrogen-bond acceptors (Lipinski definition) is 3. The van der Waals surface area contributed by atoms with Crippen LogP contribution < -0.4 is 0 Å². The van der Waals surface area contributed by atoms with E-state index < -0.39 is 15.8 Å². The predicted molar refractivity (Wildman–Crippen MR) is 74.9 cm³/mol. The maximum absolute atomic E-state index is 12.5. The lowest BCUT2D eigenvalue weighted by atomic mass is 10.0. The summed E-state index contributed by atoms with van der Waals surface area (Å²) in [5, 5.41) is 10.4. The molecular formula is C13H26N2O3S. The van der Waals surface area contributed by atoms with Crippen molar-refractivity contribution in [3.05, 3.63) is 0 Å². The van der Waals surface area contributed by atoms with Gasteiger partial charge in [-0.2, -0.15) is 17.0 Å². The summed E-state index contributed by atoms with van der Waals surface area (Å²) in [5.74, 6) is 0.423. The van der Waals surface area contributed by atoms with E-state index in [1.165, 1.54) is 4.31 Å². The first-order chi connectivity index (χ1) is 8.83. The van der Waals surface area contributed by atoms with Crippen molar-refractivity contribution in [3.8, 4) is 0 Å². The van der Waals surface area contributed by atoms with Gasteiger partial charge in [0.1, 0.15) is 0 Å².